The average molecular weight is 498 g/mol. The Morgan fingerprint density at radius 3 is 2.33 bits per heavy atom. The fourth-order valence-corrected chi connectivity index (χ4v) is 4.60. The highest BCUT2D eigenvalue weighted by Crippen LogP contribution is 2.37. The zero-order valence-electron chi connectivity index (χ0n) is 20.4. The first-order valence-electron chi connectivity index (χ1n) is 11.8. The summed E-state index contributed by atoms with van der Waals surface area (Å²) in [6.45, 7) is 1.86. The van der Waals surface area contributed by atoms with Gasteiger partial charge >= 0.3 is 0 Å². The quantitative estimate of drug-likeness (QED) is 0.543. The molecule has 1 aromatic carbocycles. The lowest BCUT2D eigenvalue weighted by Crippen LogP contribution is -2.50. The molecule has 4 rings (SSSR count). The smallest absolute Gasteiger partial charge is 0.270 e. The number of carbonyl (C=O) groups excluding carboxylic acids is 2. The fraction of sp³-hybridized carbons (Fsp3) is 0.385. The van der Waals surface area contributed by atoms with Crippen LogP contribution in [0.1, 0.15) is 41.9 Å². The Labute approximate surface area is 207 Å². The number of hydrogen-bond donors (Lipinski definition) is 2. The molecule has 2 amide bonds. The number of benzene rings is 1. The van der Waals surface area contributed by atoms with Crippen molar-refractivity contribution in [1.29, 1.82) is 0 Å². The van der Waals surface area contributed by atoms with Gasteiger partial charge in [-0.1, -0.05) is 12.1 Å². The summed E-state index contributed by atoms with van der Waals surface area (Å²) in [6, 6.07) is 10.9. The molecule has 0 aliphatic heterocycles. The molecule has 8 nitrogen and oxygen atoms in total. The monoisotopic (exact) mass is 497 g/mol. The number of nitrogens with one attached hydrogen (secondary N) is 2. The van der Waals surface area contributed by atoms with E-state index in [4.69, 9.17) is 0 Å². The molecule has 1 aliphatic rings. The van der Waals surface area contributed by atoms with Crippen LogP contribution in [-0.4, -0.2) is 38.1 Å². The number of pyridine rings is 1. The summed E-state index contributed by atoms with van der Waals surface area (Å²) >= 11 is 0. The van der Waals surface area contributed by atoms with E-state index >= 15 is 0 Å². The lowest BCUT2D eigenvalue weighted by Gasteiger charge is -2.33. The maximum atomic E-state index is 13.8. The van der Waals surface area contributed by atoms with E-state index in [1.54, 1.807) is 36.9 Å². The SMILES string of the molecule is Cc1c(-c2ccc(NC(=O)C(NC(=O)c3ccnn3C)C3CCC(F)(F)CC3)cc2)ccc(=O)n1C. The highest BCUT2D eigenvalue weighted by atomic mass is 19.3. The molecular weight excluding hydrogens is 468 g/mol. The van der Waals surface area contributed by atoms with Gasteiger partial charge in [0.1, 0.15) is 11.7 Å². The van der Waals surface area contributed by atoms with Gasteiger partial charge in [-0.3, -0.25) is 19.1 Å². The molecule has 1 aliphatic carbocycles. The Morgan fingerprint density at radius 1 is 1.06 bits per heavy atom. The molecule has 1 fully saturated rings. The van der Waals surface area contributed by atoms with E-state index in [0.29, 0.717) is 5.69 Å². The van der Waals surface area contributed by atoms with E-state index in [1.807, 2.05) is 19.1 Å². The van der Waals surface area contributed by atoms with E-state index in [2.05, 4.69) is 15.7 Å². The van der Waals surface area contributed by atoms with Crippen molar-refractivity contribution in [1.82, 2.24) is 19.7 Å². The number of halogens is 2. The molecule has 1 unspecified atom stereocenters. The molecule has 0 radical (unpaired) electrons. The third-order valence-corrected chi connectivity index (χ3v) is 6.94. The lowest BCUT2D eigenvalue weighted by molar-refractivity contribution is -0.121. The fourth-order valence-electron chi connectivity index (χ4n) is 4.60. The standard InChI is InChI=1S/C26H29F2N5O3/c1-16-20(8-9-22(34)32(16)2)17-4-6-19(7-5-17)30-25(36)23(18-10-13-26(27,28)14-11-18)31-24(35)21-12-15-29-33(21)3/h4-9,12,15,18,23H,10-11,13-14H2,1-3H3,(H,30,36)(H,31,35). The van der Waals surface area contributed by atoms with Gasteiger partial charge in [-0.05, 0) is 55.5 Å². The van der Waals surface area contributed by atoms with Crippen LogP contribution in [-0.2, 0) is 18.9 Å². The zero-order chi connectivity index (χ0) is 26.0. The van der Waals surface area contributed by atoms with Gasteiger partial charge in [-0.25, -0.2) is 8.78 Å². The van der Waals surface area contributed by atoms with Gasteiger partial charge in [0.25, 0.3) is 5.91 Å². The van der Waals surface area contributed by atoms with E-state index in [1.165, 1.54) is 23.0 Å². The molecule has 3 aromatic rings. The first kappa shape index (κ1) is 25.3. The van der Waals surface area contributed by atoms with Gasteiger partial charge in [0.15, 0.2) is 0 Å². The second-order valence-corrected chi connectivity index (χ2v) is 9.28. The summed E-state index contributed by atoms with van der Waals surface area (Å²) in [7, 11) is 3.32. The van der Waals surface area contributed by atoms with Gasteiger partial charge in [-0.15, -0.1) is 0 Å². The third kappa shape index (κ3) is 5.37. The van der Waals surface area contributed by atoms with E-state index in [0.717, 1.165) is 16.8 Å². The van der Waals surface area contributed by atoms with Crippen LogP contribution in [0.5, 0.6) is 0 Å². The second kappa shape index (κ2) is 10.0. The predicted octanol–water partition coefficient (Wildman–Crippen LogP) is 3.66. The topological polar surface area (TPSA) is 98.0 Å². The molecule has 1 atom stereocenters. The Morgan fingerprint density at radius 2 is 1.72 bits per heavy atom. The minimum absolute atomic E-state index is 0.0974. The molecule has 36 heavy (non-hydrogen) atoms. The molecule has 1 saturated carbocycles. The van der Waals surface area contributed by atoms with Gasteiger partial charge in [-0.2, -0.15) is 5.10 Å². The van der Waals surface area contributed by atoms with Gasteiger partial charge in [0, 0.05) is 56.1 Å². The van der Waals surface area contributed by atoms with Crippen LogP contribution in [0.2, 0.25) is 0 Å². The highest BCUT2D eigenvalue weighted by molar-refractivity contribution is 6.00. The number of anilines is 1. The van der Waals surface area contributed by atoms with Crippen molar-refractivity contribution in [2.24, 2.45) is 20.0 Å². The number of carbonyl (C=O) groups is 2. The first-order valence-corrected chi connectivity index (χ1v) is 11.8. The number of rotatable bonds is 6. The van der Waals surface area contributed by atoms with Crippen LogP contribution in [0, 0.1) is 12.8 Å². The van der Waals surface area contributed by atoms with Crippen molar-refractivity contribution in [3.05, 3.63) is 70.4 Å². The third-order valence-electron chi connectivity index (χ3n) is 6.94. The molecule has 2 aromatic heterocycles. The first-order chi connectivity index (χ1) is 17.1. The number of nitrogens with zero attached hydrogens (tertiary/aromatic N) is 3. The summed E-state index contributed by atoms with van der Waals surface area (Å²) in [5, 5.41) is 9.54. The number of hydrogen-bond acceptors (Lipinski definition) is 4. The molecule has 0 saturated heterocycles. The van der Waals surface area contributed by atoms with Crippen molar-refractivity contribution in [2.75, 3.05) is 5.32 Å². The molecule has 10 heteroatoms. The largest absolute Gasteiger partial charge is 0.339 e. The maximum Gasteiger partial charge on any atom is 0.270 e. The molecule has 190 valence electrons. The van der Waals surface area contributed by atoms with Crippen molar-refractivity contribution < 1.29 is 18.4 Å². The summed E-state index contributed by atoms with van der Waals surface area (Å²) in [5.74, 6) is -4.13. The molecule has 2 N–H and O–H groups in total. The van der Waals surface area contributed by atoms with Crippen LogP contribution in [0.15, 0.2) is 53.5 Å². The van der Waals surface area contributed by atoms with Crippen molar-refractivity contribution in [2.45, 2.75) is 44.6 Å². The Hall–Kier alpha value is -3.82. The number of aromatic nitrogens is 3. The lowest BCUT2D eigenvalue weighted by atomic mass is 9.81. The van der Waals surface area contributed by atoms with E-state index < -0.39 is 29.7 Å². The summed E-state index contributed by atoms with van der Waals surface area (Å²) in [5.41, 5.74) is 3.25. The number of amides is 2. The van der Waals surface area contributed by atoms with Crippen molar-refractivity contribution >= 4 is 17.5 Å². The predicted molar refractivity (Wildman–Crippen MR) is 132 cm³/mol. The number of alkyl halides is 2. The molecular formula is C26H29F2N5O3. The summed E-state index contributed by atoms with van der Waals surface area (Å²) < 4.78 is 30.5. The minimum Gasteiger partial charge on any atom is -0.339 e. The summed E-state index contributed by atoms with van der Waals surface area (Å²) in [4.78, 5) is 37.9. The van der Waals surface area contributed by atoms with Crippen molar-refractivity contribution in [3.63, 3.8) is 0 Å². The zero-order valence-corrected chi connectivity index (χ0v) is 20.4. The normalized spacial score (nSPS) is 16.4. The summed E-state index contributed by atoms with van der Waals surface area (Å²) in [6.07, 6.45) is 1.08. The Kier molecular flexibility index (Phi) is 7.05. The van der Waals surface area contributed by atoms with E-state index in [9.17, 15) is 23.2 Å². The molecule has 2 heterocycles. The molecule has 0 spiro atoms. The van der Waals surface area contributed by atoms with Crippen LogP contribution in [0.25, 0.3) is 11.1 Å². The van der Waals surface area contributed by atoms with E-state index in [-0.39, 0.29) is 36.9 Å². The maximum absolute atomic E-state index is 13.8. The van der Waals surface area contributed by atoms with Crippen LogP contribution >= 0.6 is 0 Å². The Balaban J connectivity index is 1.53. The van der Waals surface area contributed by atoms with Crippen LogP contribution in [0.4, 0.5) is 14.5 Å². The highest BCUT2D eigenvalue weighted by Gasteiger charge is 2.40. The van der Waals surface area contributed by atoms with Gasteiger partial charge in [0.05, 0.1) is 0 Å². The minimum atomic E-state index is -2.75. The van der Waals surface area contributed by atoms with Gasteiger partial charge < -0.3 is 15.2 Å². The second-order valence-electron chi connectivity index (χ2n) is 9.28. The number of aryl methyl sites for hydroxylation is 1. The van der Waals surface area contributed by atoms with Crippen LogP contribution in [0.3, 0.4) is 0 Å². The average Bonchev–Trinajstić information content (AvgIpc) is 3.28. The molecule has 0 bridgehead atoms. The van der Waals surface area contributed by atoms with Gasteiger partial charge in [0.2, 0.25) is 17.4 Å². The Bertz CT molecular complexity index is 1320. The van der Waals surface area contributed by atoms with Crippen molar-refractivity contribution in [3.8, 4) is 11.1 Å². The van der Waals surface area contributed by atoms with Crippen LogP contribution < -0.4 is 16.2 Å².